The van der Waals surface area contributed by atoms with E-state index in [9.17, 15) is 0 Å². The first kappa shape index (κ1) is 19.6. The van der Waals surface area contributed by atoms with Gasteiger partial charge in [-0.3, -0.25) is 4.68 Å². The normalized spacial score (nSPS) is 10.6. The molecule has 6 heteroatoms. The molecule has 1 aromatic heterocycles. The molecule has 0 aliphatic heterocycles. The first-order chi connectivity index (χ1) is 13.1. The van der Waals surface area contributed by atoms with Crippen LogP contribution in [0.15, 0.2) is 65.4 Å². The number of unbranched alkanes of at least 4 members (excludes halogenated alkanes) is 1. The Bertz CT molecular complexity index is 872. The topological polar surface area (TPSA) is 41.9 Å². The molecule has 2 N–H and O–H groups in total. The monoisotopic (exact) mass is 442 g/mol. The summed E-state index contributed by atoms with van der Waals surface area (Å²) >= 11 is 8.86. The first-order valence-electron chi connectivity index (χ1n) is 9.06. The fourth-order valence-corrected chi connectivity index (χ4v) is 3.22. The predicted octanol–water partition coefficient (Wildman–Crippen LogP) is 5.85. The quantitative estimate of drug-likeness (QED) is 0.450. The zero-order valence-electron chi connectivity index (χ0n) is 15.3. The number of halogens is 1. The molecule has 0 radical (unpaired) electrons. The summed E-state index contributed by atoms with van der Waals surface area (Å²) < 4.78 is 2.96. The Hall–Kier alpha value is -2.18. The van der Waals surface area contributed by atoms with E-state index < -0.39 is 0 Å². The Morgan fingerprint density at radius 2 is 1.67 bits per heavy atom. The minimum absolute atomic E-state index is 0.555. The Balaban J connectivity index is 1.52. The van der Waals surface area contributed by atoms with E-state index in [1.165, 1.54) is 24.0 Å². The van der Waals surface area contributed by atoms with Crippen LogP contribution in [0.5, 0.6) is 0 Å². The lowest BCUT2D eigenvalue weighted by atomic mass is 10.1. The Labute approximate surface area is 174 Å². The average Bonchev–Trinajstić information content (AvgIpc) is 3.09. The molecule has 0 bridgehead atoms. The maximum absolute atomic E-state index is 5.41. The third-order valence-corrected chi connectivity index (χ3v) is 4.91. The Morgan fingerprint density at radius 1 is 1.00 bits per heavy atom. The summed E-state index contributed by atoms with van der Waals surface area (Å²) in [6, 6.07) is 16.7. The third kappa shape index (κ3) is 6.19. The number of benzene rings is 2. The van der Waals surface area contributed by atoms with Crippen LogP contribution in [0.2, 0.25) is 0 Å². The maximum Gasteiger partial charge on any atom is 0.175 e. The van der Waals surface area contributed by atoms with Crippen LogP contribution in [0.25, 0.3) is 0 Å². The van der Waals surface area contributed by atoms with E-state index in [0.29, 0.717) is 11.7 Å². The smallest absolute Gasteiger partial charge is 0.175 e. The van der Waals surface area contributed by atoms with E-state index in [1.54, 1.807) is 6.20 Å². The molecule has 0 spiro atoms. The van der Waals surface area contributed by atoms with Gasteiger partial charge in [-0.1, -0.05) is 53.5 Å². The summed E-state index contributed by atoms with van der Waals surface area (Å²) in [4.78, 5) is 0. The van der Waals surface area contributed by atoms with Crippen molar-refractivity contribution in [2.24, 2.45) is 0 Å². The van der Waals surface area contributed by atoms with Crippen molar-refractivity contribution < 1.29 is 0 Å². The molecule has 0 atom stereocenters. The van der Waals surface area contributed by atoms with Crippen molar-refractivity contribution in [3.05, 3.63) is 76.5 Å². The van der Waals surface area contributed by atoms with Gasteiger partial charge in [-0.15, -0.1) is 0 Å². The lowest BCUT2D eigenvalue weighted by Gasteiger charge is -2.09. The minimum atomic E-state index is 0.555. The summed E-state index contributed by atoms with van der Waals surface area (Å²) in [6.45, 7) is 2.93. The molecule has 140 valence electrons. The number of anilines is 2. The van der Waals surface area contributed by atoms with Gasteiger partial charge in [-0.05, 0) is 60.5 Å². The van der Waals surface area contributed by atoms with Crippen LogP contribution >= 0.6 is 28.1 Å². The number of hydrogen-bond donors (Lipinski definition) is 2. The number of aromatic nitrogens is 2. The van der Waals surface area contributed by atoms with Gasteiger partial charge >= 0.3 is 0 Å². The number of hydrogen-bond acceptors (Lipinski definition) is 2. The fraction of sp³-hybridized carbons (Fsp3) is 0.238. The molecule has 3 aromatic rings. The molecule has 0 saturated carbocycles. The van der Waals surface area contributed by atoms with E-state index >= 15 is 0 Å². The molecule has 1 heterocycles. The summed E-state index contributed by atoms with van der Waals surface area (Å²) in [5, 5.41) is 11.3. The molecule has 3 rings (SSSR count). The molecule has 4 nitrogen and oxygen atoms in total. The summed E-state index contributed by atoms with van der Waals surface area (Å²) in [5.41, 5.74) is 4.39. The molecule has 0 saturated heterocycles. The van der Waals surface area contributed by atoms with Crippen molar-refractivity contribution in [1.29, 1.82) is 0 Å². The summed E-state index contributed by atoms with van der Waals surface area (Å²) in [6.07, 6.45) is 7.28. The molecule has 0 aliphatic carbocycles. The predicted molar refractivity (Wildman–Crippen MR) is 120 cm³/mol. The van der Waals surface area contributed by atoms with Crippen molar-refractivity contribution in [1.82, 2.24) is 9.78 Å². The van der Waals surface area contributed by atoms with Crippen molar-refractivity contribution in [2.75, 3.05) is 10.6 Å². The zero-order chi connectivity index (χ0) is 19.1. The SMILES string of the molecule is CCCCc1ccc(NC(=S)Nc2cnn(Cc3ccc(Br)cc3)c2)cc1. The standard InChI is InChI=1S/C21H23BrN4S/c1-2-3-4-16-7-11-19(12-8-16)24-21(27)25-20-13-23-26(15-20)14-17-5-9-18(22)10-6-17/h5-13,15H,2-4,14H2,1H3,(H2,24,25,27). The molecule has 0 unspecified atom stereocenters. The van der Waals surface area contributed by atoms with E-state index in [0.717, 1.165) is 22.3 Å². The largest absolute Gasteiger partial charge is 0.332 e. The van der Waals surface area contributed by atoms with Gasteiger partial charge in [-0.25, -0.2) is 0 Å². The van der Waals surface area contributed by atoms with Crippen LogP contribution in [0.4, 0.5) is 11.4 Å². The van der Waals surface area contributed by atoms with Gasteiger partial charge in [0.1, 0.15) is 0 Å². The van der Waals surface area contributed by atoms with Gasteiger partial charge in [0.15, 0.2) is 5.11 Å². The number of nitrogens with one attached hydrogen (secondary N) is 2. The highest BCUT2D eigenvalue weighted by atomic mass is 79.9. The highest BCUT2D eigenvalue weighted by Crippen LogP contribution is 2.14. The lowest BCUT2D eigenvalue weighted by Crippen LogP contribution is -2.18. The zero-order valence-corrected chi connectivity index (χ0v) is 17.7. The van der Waals surface area contributed by atoms with Gasteiger partial charge in [0, 0.05) is 16.4 Å². The van der Waals surface area contributed by atoms with Crippen LogP contribution in [0, 0.1) is 0 Å². The van der Waals surface area contributed by atoms with Crippen LogP contribution in [0.1, 0.15) is 30.9 Å². The van der Waals surface area contributed by atoms with Crippen LogP contribution in [0.3, 0.4) is 0 Å². The molecule has 0 fully saturated rings. The second-order valence-electron chi connectivity index (χ2n) is 6.43. The average molecular weight is 443 g/mol. The summed E-state index contributed by atoms with van der Waals surface area (Å²) in [7, 11) is 0. The lowest BCUT2D eigenvalue weighted by molar-refractivity contribution is 0.687. The highest BCUT2D eigenvalue weighted by molar-refractivity contribution is 9.10. The van der Waals surface area contributed by atoms with E-state index in [1.807, 2.05) is 23.0 Å². The van der Waals surface area contributed by atoms with Gasteiger partial charge < -0.3 is 10.6 Å². The Kier molecular flexibility index (Phi) is 7.01. The van der Waals surface area contributed by atoms with E-state index in [-0.39, 0.29) is 0 Å². The van der Waals surface area contributed by atoms with Crippen molar-refractivity contribution in [2.45, 2.75) is 32.7 Å². The van der Waals surface area contributed by atoms with Crippen LogP contribution in [-0.4, -0.2) is 14.9 Å². The van der Waals surface area contributed by atoms with Gasteiger partial charge in [-0.2, -0.15) is 5.10 Å². The minimum Gasteiger partial charge on any atom is -0.332 e. The second-order valence-corrected chi connectivity index (χ2v) is 7.76. The van der Waals surface area contributed by atoms with Crippen molar-refractivity contribution in [3.63, 3.8) is 0 Å². The van der Waals surface area contributed by atoms with Gasteiger partial charge in [0.2, 0.25) is 0 Å². The van der Waals surface area contributed by atoms with E-state index in [2.05, 4.69) is 75.0 Å². The number of thiocarbonyl (C=S) groups is 1. The van der Waals surface area contributed by atoms with Crippen molar-refractivity contribution in [3.8, 4) is 0 Å². The Morgan fingerprint density at radius 3 is 2.37 bits per heavy atom. The van der Waals surface area contributed by atoms with Crippen molar-refractivity contribution >= 4 is 44.6 Å². The number of nitrogens with zero attached hydrogens (tertiary/aromatic N) is 2. The van der Waals surface area contributed by atoms with Crippen LogP contribution < -0.4 is 10.6 Å². The molecule has 0 amide bonds. The van der Waals surface area contributed by atoms with Gasteiger partial charge in [0.05, 0.1) is 18.4 Å². The molecule has 27 heavy (non-hydrogen) atoms. The van der Waals surface area contributed by atoms with E-state index in [4.69, 9.17) is 12.2 Å². The molecule has 2 aromatic carbocycles. The molecular formula is C21H23BrN4S. The highest BCUT2D eigenvalue weighted by Gasteiger charge is 2.03. The summed E-state index contributed by atoms with van der Waals surface area (Å²) in [5.74, 6) is 0. The molecule has 0 aliphatic rings. The third-order valence-electron chi connectivity index (χ3n) is 4.18. The fourth-order valence-electron chi connectivity index (χ4n) is 2.72. The maximum atomic E-state index is 5.41. The van der Waals surface area contributed by atoms with Gasteiger partial charge in [0.25, 0.3) is 0 Å². The number of rotatable bonds is 7. The first-order valence-corrected chi connectivity index (χ1v) is 10.3. The molecular weight excluding hydrogens is 420 g/mol. The second kappa shape index (κ2) is 9.67. The van der Waals surface area contributed by atoms with Crippen LogP contribution in [-0.2, 0) is 13.0 Å². The number of aryl methyl sites for hydroxylation is 1.